The van der Waals surface area contributed by atoms with Crippen LogP contribution in [0.4, 0.5) is 45.2 Å². The number of halogens is 15. The van der Waals surface area contributed by atoms with Crippen LogP contribution in [0.2, 0.25) is 15.1 Å². The Morgan fingerprint density at radius 3 is 1.15 bits per heavy atom. The molecule has 0 spiro atoms. The fourth-order valence-corrected chi connectivity index (χ4v) is 6.64. The third-order valence-corrected chi connectivity index (χ3v) is 11.0. The van der Waals surface area contributed by atoms with Gasteiger partial charge in [0, 0.05) is 29.1 Å². The summed E-state index contributed by atoms with van der Waals surface area (Å²) in [6.07, 6.45) is 0.568. The van der Waals surface area contributed by atoms with Crippen molar-refractivity contribution in [3.05, 3.63) is 142 Å². The number of aliphatic hydroxyl groups is 1. The second-order valence-corrected chi connectivity index (χ2v) is 16.7. The summed E-state index contributed by atoms with van der Waals surface area (Å²) in [6.45, 7) is 2.44. The van der Waals surface area contributed by atoms with Crippen LogP contribution in [0.25, 0.3) is 17.1 Å². The van der Waals surface area contributed by atoms with Gasteiger partial charge in [0.25, 0.3) is 0 Å². The predicted molar refractivity (Wildman–Crippen MR) is 270 cm³/mol. The number of benzene rings is 3. The van der Waals surface area contributed by atoms with Gasteiger partial charge in [0.2, 0.25) is 0 Å². The van der Waals surface area contributed by atoms with E-state index in [1.807, 2.05) is 6.79 Å². The van der Waals surface area contributed by atoms with Crippen molar-refractivity contribution in [3.8, 4) is 17.1 Å². The molecule has 20 nitrogen and oxygen atoms in total. The van der Waals surface area contributed by atoms with Crippen LogP contribution in [0.1, 0.15) is 63.5 Å². The summed E-state index contributed by atoms with van der Waals surface area (Å²) in [4.78, 5) is 75.0. The van der Waals surface area contributed by atoms with Crippen molar-refractivity contribution in [1.82, 2.24) is 43.0 Å². The summed E-state index contributed by atoms with van der Waals surface area (Å²) in [6, 6.07) is 5.91. The number of hydrogen-bond donors (Lipinski definition) is 4. The fourth-order valence-electron chi connectivity index (χ4n) is 5.71. The van der Waals surface area contributed by atoms with Crippen molar-refractivity contribution < 1.29 is 90.5 Å². The number of ketones is 1. The van der Waals surface area contributed by atoms with Crippen LogP contribution in [0, 0.1) is 38.2 Å². The molecule has 0 radical (unpaired) electrons. The smallest absolute Gasteiger partial charge is 1.00 e. The van der Waals surface area contributed by atoms with Crippen molar-refractivity contribution in [2.45, 2.75) is 77.9 Å². The number of aryl methyl sites for hydroxylation is 3. The van der Waals surface area contributed by atoms with E-state index in [0.717, 1.165) is 43.3 Å². The second-order valence-electron chi connectivity index (χ2n) is 14.4. The molecule has 79 heavy (non-hydrogen) atoms. The summed E-state index contributed by atoms with van der Waals surface area (Å²) in [5.41, 5.74) is 1.20. The molecule has 6 rings (SSSR count). The topological polar surface area (TPSA) is 274 Å². The van der Waals surface area contributed by atoms with Gasteiger partial charge in [0.15, 0.2) is 17.5 Å². The average molecular weight is 1310 g/mol. The molecule has 0 saturated heterocycles. The van der Waals surface area contributed by atoms with Crippen molar-refractivity contribution in [3.63, 3.8) is 0 Å². The Hall–Kier alpha value is -6.11. The number of carbonyl (C=O) groups is 4. The number of aliphatic hydroxyl groups excluding tert-OH is 1. The number of rotatable bonds is 13. The minimum atomic E-state index is -3.14. The van der Waals surface area contributed by atoms with Crippen LogP contribution in [-0.4, -0.2) is 100 Å². The van der Waals surface area contributed by atoms with E-state index in [-0.39, 0.29) is 95.5 Å². The van der Waals surface area contributed by atoms with Crippen LogP contribution in [0.15, 0.2) is 63.4 Å². The zero-order valence-electron chi connectivity index (χ0n) is 41.7. The molecule has 0 bridgehead atoms. The SMILES string of the molecule is C=CC(=O)O.C=O.CC(=O)C(Cl)Cc1cc(-n2nc(C)n(C(F)F)c2=O)c(F)cc1Cl.CCO.Cc1nn(-c2cc(CC(Cl)C(=O)O)c(Cl)cc2F)c(=O)n1C(F)F.Cc1nn(-c2cc(N)c(Cl)cc2F)c(=O)n1C(F)F.[Cl][Cu].[H+]. The van der Waals surface area contributed by atoms with Gasteiger partial charge in [-0.1, -0.05) is 41.4 Å². The maximum atomic E-state index is 14.2. The van der Waals surface area contributed by atoms with E-state index in [1.54, 1.807) is 6.92 Å². The molecule has 5 N–H and O–H groups in total. The van der Waals surface area contributed by atoms with E-state index in [9.17, 15) is 68.3 Å². The third-order valence-electron chi connectivity index (χ3n) is 9.19. The van der Waals surface area contributed by atoms with Crippen molar-refractivity contribution in [1.29, 1.82) is 0 Å². The summed E-state index contributed by atoms with van der Waals surface area (Å²) >= 11 is 32.5. The van der Waals surface area contributed by atoms with Crippen LogP contribution in [0.5, 0.6) is 0 Å². The standard InChI is InChI=1S/C14H12Cl2F3N3O2.C13H10Cl2F3N3O3.C10H8ClF3N4O.C3H4O2.C2H6O.CH2O.ClH.Cu/c1-6(23)9(15)3-8-4-12(11(17)5-10(8)16)22-14(24)21(13(18)19)7(2)20-22;1-5-19-21(13(24)20(5)12(17)18)10-3-6(2-8(15)11(22)23)7(14)4-9(10)16;1-4-16-18(10(19)17(4)9(13)14)8-3-7(15)5(11)2-6(8)12;1-2-3(4)5;1-2-3;1-2;;/h4-5,9,13H,3H2,1-2H3;3-4,8,12H,2H2,1H3,(H,22,23);2-3,9H,15H2,1H3;2H,1H2,(H,4,5);3H,2H2,1H3;1H2;1H;/q;;;;;;;+1. The number of carboxylic acid groups (broad SMARTS) is 2. The average Bonchev–Trinajstić information content (AvgIpc) is 3.96. The number of carbonyl (C=O) groups excluding carboxylic acids is 2. The Bertz CT molecular complexity index is 3120. The number of hydrogen-bond acceptors (Lipinski definition) is 12. The number of nitrogen functional groups attached to an aromatic ring is 1. The molecule has 2 atom stereocenters. The number of aliphatic carboxylic acids is 2. The first kappa shape index (κ1) is 72.9. The first-order valence-electron chi connectivity index (χ1n) is 20.8. The van der Waals surface area contributed by atoms with Gasteiger partial charge in [-0.15, -0.1) is 38.5 Å². The molecule has 3 heterocycles. The van der Waals surface area contributed by atoms with Gasteiger partial charge in [-0.05, 0) is 88.6 Å². The monoisotopic (exact) mass is 1300 g/mol. The number of Topliss-reactive ketones (excluding diaryl/α,β-unsaturated/α-hetero) is 1. The molecule has 6 aromatic rings. The molecule has 0 amide bonds. The summed E-state index contributed by atoms with van der Waals surface area (Å²) < 4.78 is 120. The van der Waals surface area contributed by atoms with Gasteiger partial charge in [0.1, 0.15) is 52.5 Å². The molecule has 3 aromatic heterocycles. The number of alkyl halides is 8. The summed E-state index contributed by atoms with van der Waals surface area (Å²) in [5, 5.41) is 32.4. The Morgan fingerprint density at radius 1 is 0.646 bits per heavy atom. The van der Waals surface area contributed by atoms with E-state index in [4.69, 9.17) is 83.9 Å². The zero-order valence-corrected chi connectivity index (χ0v) is 46.2. The minimum absolute atomic E-state index is 0. The fraction of sp³-hybridized carbons (Fsp3) is 0.302. The Morgan fingerprint density at radius 2 is 0.911 bits per heavy atom. The van der Waals surface area contributed by atoms with Gasteiger partial charge >= 0.3 is 75.3 Å². The normalized spacial score (nSPS) is 11.2. The van der Waals surface area contributed by atoms with E-state index in [1.165, 1.54) is 26.8 Å². The molecule has 36 heteroatoms. The predicted octanol–water partition coefficient (Wildman–Crippen LogP) is 9.02. The summed E-state index contributed by atoms with van der Waals surface area (Å²) in [7, 11) is 4.20. The van der Waals surface area contributed by atoms with E-state index in [0.29, 0.717) is 19.6 Å². The molecule has 0 saturated carbocycles. The molecular weight excluding hydrogens is 1260 g/mol. The maximum Gasteiger partial charge on any atom is 1.00 e. The van der Waals surface area contributed by atoms with Crippen molar-refractivity contribution in [2.24, 2.45) is 0 Å². The number of anilines is 1. The number of aromatic nitrogens is 9. The first-order valence-corrected chi connectivity index (χ1v) is 24.1. The van der Waals surface area contributed by atoms with Crippen molar-refractivity contribution in [2.75, 3.05) is 12.3 Å². The number of nitrogens with zero attached hydrogens (tertiary/aromatic N) is 9. The number of carboxylic acids is 2. The van der Waals surface area contributed by atoms with Crippen LogP contribution >= 0.6 is 68.1 Å². The van der Waals surface area contributed by atoms with E-state index in [2.05, 4.69) is 47.1 Å². The molecule has 0 aliphatic carbocycles. The van der Waals surface area contributed by atoms with Crippen LogP contribution in [0.3, 0.4) is 0 Å². The Balaban J connectivity index is 0. The van der Waals surface area contributed by atoms with Gasteiger partial charge in [0.05, 0.1) is 16.1 Å². The van der Waals surface area contributed by atoms with Crippen molar-refractivity contribution >= 4 is 98.3 Å². The molecule has 0 fully saturated rings. The quantitative estimate of drug-likeness (QED) is 0.0276. The van der Waals surface area contributed by atoms with Crippen LogP contribution in [-0.2, 0) is 47.1 Å². The van der Waals surface area contributed by atoms with E-state index < -0.39 is 82.5 Å². The molecule has 0 aliphatic heterocycles. The molecule has 0 aliphatic rings. The molecule has 440 valence electrons. The largest absolute Gasteiger partial charge is 1.00 e. The maximum absolute atomic E-state index is 14.2. The van der Waals surface area contributed by atoms with Gasteiger partial charge in [-0.25, -0.2) is 46.1 Å². The third kappa shape index (κ3) is 20.2. The zero-order chi connectivity index (χ0) is 61.7. The first-order chi connectivity index (χ1) is 36.8. The van der Waals surface area contributed by atoms with Gasteiger partial charge in [-0.3, -0.25) is 9.59 Å². The minimum Gasteiger partial charge on any atom is 1.00 e. The Labute approximate surface area is 478 Å². The van der Waals surface area contributed by atoms with Gasteiger partial charge in [-0.2, -0.15) is 40.4 Å². The van der Waals surface area contributed by atoms with Crippen LogP contribution < -0.4 is 22.8 Å². The van der Waals surface area contributed by atoms with Gasteiger partial charge < -0.3 is 25.8 Å². The second kappa shape index (κ2) is 34.1. The number of nitrogens with two attached hydrogens (primary N) is 1. The molecule has 3 aromatic carbocycles. The molecule has 2 unspecified atom stereocenters. The Kier molecular flexibility index (Phi) is 31.5. The summed E-state index contributed by atoms with van der Waals surface area (Å²) in [5.74, 6) is -6.22. The molecular formula is C43H43Cl6CuF9N10O10+. The van der Waals surface area contributed by atoms with E-state index >= 15 is 0 Å².